The van der Waals surface area contributed by atoms with Crippen molar-refractivity contribution in [1.29, 1.82) is 0 Å². The average molecular weight is 362 g/mol. The molecule has 3 heterocycles. The number of hydrogen-bond acceptors (Lipinski definition) is 5. The van der Waals surface area contributed by atoms with Crippen LogP contribution in [0.4, 0.5) is 4.79 Å². The molecule has 0 saturated carbocycles. The van der Waals surface area contributed by atoms with Gasteiger partial charge in [0.05, 0.1) is 13.0 Å². The molecule has 26 heavy (non-hydrogen) atoms. The number of urea groups is 1. The van der Waals surface area contributed by atoms with Gasteiger partial charge in [0, 0.05) is 52.2 Å². The summed E-state index contributed by atoms with van der Waals surface area (Å²) in [6.07, 6.45) is 4.44. The Morgan fingerprint density at radius 2 is 2.00 bits per heavy atom. The summed E-state index contributed by atoms with van der Waals surface area (Å²) in [5.74, 6) is 0.623. The summed E-state index contributed by atoms with van der Waals surface area (Å²) >= 11 is 0. The highest BCUT2D eigenvalue weighted by Crippen LogP contribution is 2.13. The van der Waals surface area contributed by atoms with Crippen molar-refractivity contribution in [3.05, 3.63) is 18.2 Å². The third-order valence-electron chi connectivity index (χ3n) is 4.94. The van der Waals surface area contributed by atoms with Gasteiger partial charge in [0.15, 0.2) is 0 Å². The van der Waals surface area contributed by atoms with Gasteiger partial charge in [-0.25, -0.2) is 9.78 Å². The standard InChI is InChI=1S/C17H26N6O3/c1-3-5-23-16(25)13(19-17(23)26)11-15(24)22-9-7-21(8-10-22)12-14-18-4-6-20(14)2/h4,6,13H,3,5,7-12H2,1-2H3,(H,19,26). The van der Waals surface area contributed by atoms with Crippen LogP contribution in [0.25, 0.3) is 0 Å². The molecule has 9 heteroatoms. The molecule has 0 spiro atoms. The van der Waals surface area contributed by atoms with Gasteiger partial charge in [-0.2, -0.15) is 0 Å². The monoisotopic (exact) mass is 362 g/mol. The van der Waals surface area contributed by atoms with Crippen LogP contribution in [-0.2, 0) is 23.2 Å². The number of nitrogens with one attached hydrogen (secondary N) is 1. The van der Waals surface area contributed by atoms with E-state index in [4.69, 9.17) is 0 Å². The maximum Gasteiger partial charge on any atom is 0.324 e. The summed E-state index contributed by atoms with van der Waals surface area (Å²) in [6, 6.07) is -1.12. The van der Waals surface area contributed by atoms with Gasteiger partial charge in [0.1, 0.15) is 11.9 Å². The third kappa shape index (κ3) is 3.87. The zero-order chi connectivity index (χ0) is 18.7. The first-order chi connectivity index (χ1) is 12.5. The number of aryl methyl sites for hydroxylation is 1. The minimum atomic E-state index is -0.729. The van der Waals surface area contributed by atoms with Gasteiger partial charge in [0.25, 0.3) is 5.91 Å². The van der Waals surface area contributed by atoms with Crippen LogP contribution in [0, 0.1) is 0 Å². The fraction of sp³-hybridized carbons (Fsp3) is 0.647. The largest absolute Gasteiger partial charge is 0.340 e. The molecular weight excluding hydrogens is 336 g/mol. The highest BCUT2D eigenvalue weighted by Gasteiger charge is 2.39. The minimum absolute atomic E-state index is 0.0319. The van der Waals surface area contributed by atoms with Gasteiger partial charge < -0.3 is 14.8 Å². The molecule has 4 amide bonds. The molecule has 0 bridgehead atoms. The average Bonchev–Trinajstić information content (AvgIpc) is 3.14. The van der Waals surface area contributed by atoms with Crippen molar-refractivity contribution >= 4 is 17.8 Å². The maximum absolute atomic E-state index is 12.5. The fourth-order valence-corrected chi connectivity index (χ4v) is 3.36. The molecule has 0 radical (unpaired) electrons. The lowest BCUT2D eigenvalue weighted by atomic mass is 10.1. The number of imidazole rings is 1. The highest BCUT2D eigenvalue weighted by molar-refractivity contribution is 6.05. The van der Waals surface area contributed by atoms with Crippen LogP contribution in [-0.4, -0.2) is 80.9 Å². The zero-order valence-corrected chi connectivity index (χ0v) is 15.3. The fourth-order valence-electron chi connectivity index (χ4n) is 3.36. The van der Waals surface area contributed by atoms with Gasteiger partial charge in [-0.15, -0.1) is 0 Å². The van der Waals surface area contributed by atoms with E-state index in [2.05, 4.69) is 15.2 Å². The van der Waals surface area contributed by atoms with E-state index < -0.39 is 12.1 Å². The molecule has 3 rings (SSSR count). The molecule has 2 aliphatic heterocycles. The van der Waals surface area contributed by atoms with Crippen molar-refractivity contribution < 1.29 is 14.4 Å². The van der Waals surface area contributed by atoms with Crippen molar-refractivity contribution in [3.63, 3.8) is 0 Å². The van der Waals surface area contributed by atoms with E-state index in [9.17, 15) is 14.4 Å². The number of nitrogens with zero attached hydrogens (tertiary/aromatic N) is 5. The van der Waals surface area contributed by atoms with Gasteiger partial charge in [0.2, 0.25) is 5.91 Å². The van der Waals surface area contributed by atoms with Gasteiger partial charge in [-0.3, -0.25) is 19.4 Å². The molecule has 0 aliphatic carbocycles. The zero-order valence-electron chi connectivity index (χ0n) is 15.3. The van der Waals surface area contributed by atoms with Gasteiger partial charge >= 0.3 is 6.03 Å². The molecule has 2 aliphatic rings. The second-order valence-electron chi connectivity index (χ2n) is 6.81. The molecule has 2 saturated heterocycles. The van der Waals surface area contributed by atoms with Crippen LogP contribution in [0.1, 0.15) is 25.6 Å². The van der Waals surface area contributed by atoms with Crippen molar-refractivity contribution in [2.75, 3.05) is 32.7 Å². The second kappa shape index (κ2) is 7.86. The predicted molar refractivity (Wildman–Crippen MR) is 94.0 cm³/mol. The van der Waals surface area contributed by atoms with Crippen molar-refractivity contribution in [2.45, 2.75) is 32.4 Å². The van der Waals surface area contributed by atoms with E-state index in [0.29, 0.717) is 26.1 Å². The van der Waals surface area contributed by atoms with E-state index in [1.807, 2.05) is 24.7 Å². The Hall–Kier alpha value is -2.42. The number of hydrogen-bond donors (Lipinski definition) is 1. The number of aromatic nitrogens is 2. The molecule has 142 valence electrons. The smallest absolute Gasteiger partial charge is 0.324 e. The summed E-state index contributed by atoms with van der Waals surface area (Å²) in [7, 11) is 1.97. The Labute approximate surface area is 152 Å². The minimum Gasteiger partial charge on any atom is -0.340 e. The molecule has 9 nitrogen and oxygen atoms in total. The topological polar surface area (TPSA) is 90.8 Å². The molecule has 0 aromatic carbocycles. The Morgan fingerprint density at radius 1 is 1.27 bits per heavy atom. The maximum atomic E-state index is 12.5. The summed E-state index contributed by atoms with van der Waals surface area (Å²) < 4.78 is 1.99. The van der Waals surface area contributed by atoms with Crippen LogP contribution in [0.5, 0.6) is 0 Å². The molecular formula is C17H26N6O3. The summed E-state index contributed by atoms with van der Waals surface area (Å²) in [5, 5.41) is 2.62. The van der Waals surface area contributed by atoms with Crippen molar-refractivity contribution in [1.82, 2.24) is 29.6 Å². The molecule has 2 fully saturated rings. The Balaban J connectivity index is 1.47. The summed E-state index contributed by atoms with van der Waals surface area (Å²) in [6.45, 7) is 5.84. The Morgan fingerprint density at radius 3 is 2.62 bits per heavy atom. The van der Waals surface area contributed by atoms with Gasteiger partial charge in [-0.05, 0) is 6.42 Å². The number of carbonyl (C=O) groups excluding carboxylic acids is 3. The van der Waals surface area contributed by atoms with Crippen molar-refractivity contribution in [2.24, 2.45) is 7.05 Å². The number of amides is 4. The first kappa shape index (κ1) is 18.4. The van der Waals surface area contributed by atoms with Crippen LogP contribution in [0.15, 0.2) is 12.4 Å². The first-order valence-electron chi connectivity index (χ1n) is 9.07. The van der Waals surface area contributed by atoms with Crippen LogP contribution >= 0.6 is 0 Å². The quantitative estimate of drug-likeness (QED) is 0.707. The van der Waals surface area contributed by atoms with Crippen LogP contribution in [0.2, 0.25) is 0 Å². The van der Waals surface area contributed by atoms with E-state index in [1.165, 1.54) is 4.90 Å². The lowest BCUT2D eigenvalue weighted by Gasteiger charge is -2.34. The molecule has 1 atom stereocenters. The van der Waals surface area contributed by atoms with Crippen LogP contribution in [0.3, 0.4) is 0 Å². The first-order valence-corrected chi connectivity index (χ1v) is 9.07. The Bertz CT molecular complexity index is 680. The predicted octanol–water partition coefficient (Wildman–Crippen LogP) is -0.215. The van der Waals surface area contributed by atoms with E-state index in [0.717, 1.165) is 25.5 Å². The second-order valence-corrected chi connectivity index (χ2v) is 6.81. The lowest BCUT2D eigenvalue weighted by Crippen LogP contribution is -2.50. The summed E-state index contributed by atoms with van der Waals surface area (Å²) in [4.78, 5) is 46.1. The van der Waals surface area contributed by atoms with Gasteiger partial charge in [-0.1, -0.05) is 6.92 Å². The molecule has 1 unspecified atom stereocenters. The van der Waals surface area contributed by atoms with Crippen molar-refractivity contribution in [3.8, 4) is 0 Å². The highest BCUT2D eigenvalue weighted by atomic mass is 16.2. The number of piperazine rings is 1. The molecule has 1 N–H and O–H groups in total. The number of carbonyl (C=O) groups is 3. The summed E-state index contributed by atoms with van der Waals surface area (Å²) in [5.41, 5.74) is 0. The lowest BCUT2D eigenvalue weighted by molar-refractivity contribution is -0.137. The SMILES string of the molecule is CCCN1C(=O)NC(CC(=O)N2CCN(Cc3nccn3C)CC2)C1=O. The molecule has 1 aromatic rings. The van der Waals surface area contributed by atoms with E-state index in [1.54, 1.807) is 11.1 Å². The molecule has 1 aromatic heterocycles. The Kier molecular flexibility index (Phi) is 5.55. The normalized spacial score (nSPS) is 21.4. The van der Waals surface area contributed by atoms with E-state index in [-0.39, 0.29) is 18.2 Å². The number of rotatable bonds is 6. The third-order valence-corrected chi connectivity index (χ3v) is 4.94. The van der Waals surface area contributed by atoms with E-state index >= 15 is 0 Å². The number of imide groups is 1. The van der Waals surface area contributed by atoms with Crippen LogP contribution < -0.4 is 5.32 Å².